The van der Waals surface area contributed by atoms with Crippen molar-refractivity contribution in [2.75, 3.05) is 0 Å². The van der Waals surface area contributed by atoms with Gasteiger partial charge in [0.05, 0.1) is 4.90 Å². The van der Waals surface area contributed by atoms with Crippen LogP contribution in [0, 0.1) is 28.6 Å². The van der Waals surface area contributed by atoms with E-state index in [1.165, 1.54) is 12.1 Å². The molecule has 0 heterocycles. The first-order chi connectivity index (χ1) is 15.1. The molecule has 3 aliphatic carbocycles. The summed E-state index contributed by atoms with van der Waals surface area (Å²) in [6.07, 6.45) is 0.634. The fourth-order valence-electron chi connectivity index (χ4n) is 7.06. The third-order valence-corrected chi connectivity index (χ3v) is 9.52. The van der Waals surface area contributed by atoms with Gasteiger partial charge in [-0.05, 0) is 90.4 Å². The van der Waals surface area contributed by atoms with Crippen LogP contribution in [-0.4, -0.2) is 20.6 Å². The van der Waals surface area contributed by atoms with Gasteiger partial charge in [-0.15, -0.1) is 13.2 Å². The van der Waals surface area contributed by atoms with Gasteiger partial charge in [-0.2, -0.15) is 12.6 Å². The van der Waals surface area contributed by atoms with Gasteiger partial charge in [-0.25, -0.2) is 0 Å². The molecule has 184 valence electrons. The molecule has 0 radical (unpaired) electrons. The number of fused-ring (bicyclic) bond motifs is 5. The Morgan fingerprint density at radius 1 is 1.12 bits per heavy atom. The van der Waals surface area contributed by atoms with E-state index < -0.39 is 21.4 Å². The molecule has 0 spiro atoms. The molecule has 0 bridgehead atoms. The van der Waals surface area contributed by atoms with Gasteiger partial charge < -0.3 is 0 Å². The number of hydrogen-bond acceptors (Lipinski definition) is 4. The lowest BCUT2D eigenvalue weighted by Crippen LogP contribution is -2.44. The summed E-state index contributed by atoms with van der Waals surface area (Å²) < 4.78 is 65.0. The monoisotopic (exact) mass is 486 g/mol. The van der Waals surface area contributed by atoms with Gasteiger partial charge in [-0.1, -0.05) is 33.8 Å². The predicted octanol–water partition coefficient (Wildman–Crippen LogP) is 6.39. The summed E-state index contributed by atoms with van der Waals surface area (Å²) in [5.74, 6) is 1.58. The molecule has 1 aromatic rings. The molecule has 5 atom stereocenters. The molecule has 0 N–H and O–H groups in total. The number of benzene rings is 1. The van der Waals surface area contributed by atoms with Gasteiger partial charge in [0.1, 0.15) is 5.78 Å². The van der Waals surface area contributed by atoms with Crippen LogP contribution < -0.4 is 0 Å². The minimum absolute atomic E-state index is 0.00910. The normalized spacial score (nSPS) is 32.1. The van der Waals surface area contributed by atoms with Crippen LogP contribution in [0.15, 0.2) is 23.1 Å². The van der Waals surface area contributed by atoms with E-state index in [0.29, 0.717) is 30.5 Å². The van der Waals surface area contributed by atoms with E-state index in [-0.39, 0.29) is 22.7 Å². The van der Waals surface area contributed by atoms with Gasteiger partial charge >= 0.3 is 16.5 Å². The molecule has 0 aliphatic heterocycles. The minimum Gasteiger partial charge on any atom is -0.299 e. The lowest BCUT2D eigenvalue weighted by atomic mass is 9.53. The Kier molecular flexibility index (Phi) is 6.05. The van der Waals surface area contributed by atoms with E-state index in [9.17, 15) is 26.4 Å². The number of ketones is 1. The van der Waals surface area contributed by atoms with Crippen molar-refractivity contribution in [1.82, 2.24) is 0 Å². The van der Waals surface area contributed by atoms with E-state index in [4.69, 9.17) is 0 Å². The van der Waals surface area contributed by atoms with E-state index >= 15 is 0 Å². The SMILES string of the molecule is CC(C)(C)CC(=O)[C@H]1CC[C@H]2[C@@H]3CCc4cc(S(=O)(=O)OC(F)(F)F)ccc4[C@H]3CC[C@]12C. The molecule has 33 heavy (non-hydrogen) atoms. The molecule has 0 amide bonds. The van der Waals surface area contributed by atoms with E-state index in [2.05, 4.69) is 31.9 Å². The first-order valence-electron chi connectivity index (χ1n) is 11.8. The average Bonchev–Trinajstić information content (AvgIpc) is 3.01. The van der Waals surface area contributed by atoms with Gasteiger partial charge in [-0.3, -0.25) is 4.79 Å². The highest BCUT2D eigenvalue weighted by molar-refractivity contribution is 7.86. The highest BCUT2D eigenvalue weighted by Gasteiger charge is 2.56. The highest BCUT2D eigenvalue weighted by Crippen LogP contribution is 2.63. The Bertz CT molecular complexity index is 1040. The molecule has 1 aromatic carbocycles. The maximum absolute atomic E-state index is 13.2. The Hall–Kier alpha value is -1.41. The van der Waals surface area contributed by atoms with Crippen LogP contribution in [0.2, 0.25) is 0 Å². The fraction of sp³-hybridized carbons (Fsp3) is 0.720. The highest BCUT2D eigenvalue weighted by atomic mass is 32.2. The van der Waals surface area contributed by atoms with Crippen molar-refractivity contribution in [2.24, 2.45) is 28.6 Å². The van der Waals surface area contributed by atoms with Crippen LogP contribution in [0.5, 0.6) is 0 Å². The second kappa shape index (κ2) is 8.08. The van der Waals surface area contributed by atoms with Gasteiger partial charge in [0.25, 0.3) is 0 Å². The summed E-state index contributed by atoms with van der Waals surface area (Å²) >= 11 is 0. The molecular formula is C25H33F3O4S. The summed E-state index contributed by atoms with van der Waals surface area (Å²) in [6.45, 7) is 8.58. The van der Waals surface area contributed by atoms with Crippen molar-refractivity contribution in [3.8, 4) is 0 Å². The van der Waals surface area contributed by atoms with Crippen molar-refractivity contribution in [2.45, 2.75) is 89.8 Å². The molecule has 8 heteroatoms. The van der Waals surface area contributed by atoms with E-state index in [0.717, 1.165) is 43.2 Å². The molecule has 0 unspecified atom stereocenters. The smallest absolute Gasteiger partial charge is 0.299 e. The molecule has 0 aromatic heterocycles. The first kappa shape index (κ1) is 24.7. The Labute approximate surface area is 194 Å². The first-order valence-corrected chi connectivity index (χ1v) is 13.2. The van der Waals surface area contributed by atoms with E-state index in [1.54, 1.807) is 6.07 Å². The predicted molar refractivity (Wildman–Crippen MR) is 118 cm³/mol. The van der Waals surface area contributed by atoms with Crippen LogP contribution in [0.3, 0.4) is 0 Å². The second-order valence-corrected chi connectivity index (χ2v) is 13.2. The number of Topliss-reactive ketones (excluding diaryl/α,β-unsaturated/α-hetero) is 1. The van der Waals surface area contributed by atoms with Crippen molar-refractivity contribution >= 4 is 15.9 Å². The standard InChI is InChI=1S/C25H33F3O4S/c1-23(2,3)14-22(29)21-10-9-20-19-7-5-15-13-16(33(30,31)32-25(26,27)28)6-8-17(15)18(19)11-12-24(20,21)4/h6,8,13,18-21H,5,7,9-12,14H2,1-4H3/t18-,19-,20+,21-,24+/m1/s1. The Morgan fingerprint density at radius 3 is 2.45 bits per heavy atom. The largest absolute Gasteiger partial charge is 0.537 e. The Morgan fingerprint density at radius 2 is 1.82 bits per heavy atom. The maximum Gasteiger partial charge on any atom is 0.537 e. The quantitative estimate of drug-likeness (QED) is 0.463. The summed E-state index contributed by atoms with van der Waals surface area (Å²) in [5, 5.41) is 0. The number of aryl methyl sites for hydroxylation is 1. The van der Waals surface area contributed by atoms with Crippen molar-refractivity contribution in [1.29, 1.82) is 0 Å². The number of carbonyl (C=O) groups excluding carboxylic acids is 1. The number of rotatable bonds is 4. The number of halogens is 3. The zero-order chi connectivity index (χ0) is 24.4. The molecule has 0 saturated heterocycles. The zero-order valence-corrected chi connectivity index (χ0v) is 20.5. The number of hydrogen-bond donors (Lipinski definition) is 0. The summed E-state index contributed by atoms with van der Waals surface area (Å²) in [4.78, 5) is 12.7. The van der Waals surface area contributed by atoms with Crippen LogP contribution in [0.25, 0.3) is 0 Å². The molecule has 2 fully saturated rings. The van der Waals surface area contributed by atoms with Crippen LogP contribution in [-0.2, 0) is 25.5 Å². The topological polar surface area (TPSA) is 60.4 Å². The fourth-order valence-corrected chi connectivity index (χ4v) is 7.93. The van der Waals surface area contributed by atoms with Gasteiger partial charge in [0, 0.05) is 12.3 Å². The maximum atomic E-state index is 13.2. The molecular weight excluding hydrogens is 453 g/mol. The molecule has 4 nitrogen and oxygen atoms in total. The van der Waals surface area contributed by atoms with E-state index in [1.807, 2.05) is 0 Å². The summed E-state index contributed by atoms with van der Waals surface area (Å²) in [6, 6.07) is 4.27. The number of carbonyl (C=O) groups is 1. The lowest BCUT2D eigenvalue weighted by molar-refractivity contribution is -0.271. The summed E-state index contributed by atoms with van der Waals surface area (Å²) in [5.41, 5.74) is 1.80. The number of alkyl halides is 3. The summed E-state index contributed by atoms with van der Waals surface area (Å²) in [7, 11) is -4.90. The van der Waals surface area contributed by atoms with Crippen molar-refractivity contribution in [3.63, 3.8) is 0 Å². The van der Waals surface area contributed by atoms with Crippen LogP contribution in [0.4, 0.5) is 13.2 Å². The van der Waals surface area contributed by atoms with Crippen LogP contribution >= 0.6 is 0 Å². The van der Waals surface area contributed by atoms with Gasteiger partial charge in [0.15, 0.2) is 0 Å². The third kappa shape index (κ3) is 4.75. The van der Waals surface area contributed by atoms with Crippen LogP contribution in [0.1, 0.15) is 83.3 Å². The molecule has 2 saturated carbocycles. The minimum atomic E-state index is -5.25. The lowest BCUT2D eigenvalue weighted by Gasteiger charge is -2.51. The Balaban J connectivity index is 1.57. The van der Waals surface area contributed by atoms with Gasteiger partial charge in [0.2, 0.25) is 0 Å². The van der Waals surface area contributed by atoms with Crippen molar-refractivity contribution < 1.29 is 30.6 Å². The second-order valence-electron chi connectivity index (χ2n) is 11.6. The average molecular weight is 487 g/mol. The molecule has 4 rings (SSSR count). The molecule has 3 aliphatic rings. The zero-order valence-electron chi connectivity index (χ0n) is 19.7. The third-order valence-electron chi connectivity index (χ3n) is 8.28. The van der Waals surface area contributed by atoms with Crippen molar-refractivity contribution in [3.05, 3.63) is 29.3 Å².